The van der Waals surface area contributed by atoms with Crippen LogP contribution in [0.3, 0.4) is 0 Å². The third kappa shape index (κ3) is 4.23. The quantitative estimate of drug-likeness (QED) is 0.312. The molecule has 2 aromatic heterocycles. The standard InChI is InChI=1S/C29H29FN4S/c1-18(2)21-11-13-23(14-12-21)34-28(27(32-29(34)35)26-10-5-6-15-31-26)25-16-19(3)33(20(25)4)24-9-7-8-22(30)17-24/h5-18,27-28H,1-4H3,(H,32,35)/t27-,28-/m1/s1. The average molecular weight is 485 g/mol. The maximum absolute atomic E-state index is 14.1. The number of nitrogens with zero attached hydrogens (tertiary/aromatic N) is 3. The molecule has 178 valence electrons. The predicted octanol–water partition coefficient (Wildman–Crippen LogP) is 6.93. The van der Waals surface area contributed by atoms with Crippen molar-refractivity contribution in [3.8, 4) is 5.69 Å². The van der Waals surface area contributed by atoms with E-state index in [0.29, 0.717) is 11.0 Å². The van der Waals surface area contributed by atoms with E-state index in [4.69, 9.17) is 12.2 Å². The van der Waals surface area contributed by atoms with Crippen LogP contribution in [0, 0.1) is 19.7 Å². The Hall–Kier alpha value is -3.51. The lowest BCUT2D eigenvalue weighted by atomic mass is 9.96. The molecule has 5 rings (SSSR count). The Morgan fingerprint density at radius 3 is 2.37 bits per heavy atom. The molecule has 1 N–H and O–H groups in total. The molecule has 1 aliphatic heterocycles. The van der Waals surface area contributed by atoms with Gasteiger partial charge in [0.05, 0.1) is 17.8 Å². The summed E-state index contributed by atoms with van der Waals surface area (Å²) < 4.78 is 16.2. The van der Waals surface area contributed by atoms with Gasteiger partial charge in [0.15, 0.2) is 5.11 Å². The van der Waals surface area contributed by atoms with Crippen LogP contribution in [0.5, 0.6) is 0 Å². The molecule has 0 spiro atoms. The Balaban J connectivity index is 1.66. The molecule has 0 amide bonds. The van der Waals surface area contributed by atoms with Crippen molar-refractivity contribution in [3.63, 3.8) is 0 Å². The van der Waals surface area contributed by atoms with Gasteiger partial charge >= 0.3 is 0 Å². The zero-order valence-electron chi connectivity index (χ0n) is 20.4. The number of nitrogens with one attached hydrogen (secondary N) is 1. The van der Waals surface area contributed by atoms with Crippen LogP contribution in [0.4, 0.5) is 10.1 Å². The number of hydrogen-bond acceptors (Lipinski definition) is 2. The summed E-state index contributed by atoms with van der Waals surface area (Å²) in [5.74, 6) is 0.202. The third-order valence-electron chi connectivity index (χ3n) is 6.79. The highest BCUT2D eigenvalue weighted by Crippen LogP contribution is 2.43. The fourth-order valence-electron chi connectivity index (χ4n) is 5.07. The van der Waals surface area contributed by atoms with Crippen molar-refractivity contribution in [1.82, 2.24) is 14.9 Å². The highest BCUT2D eigenvalue weighted by Gasteiger charge is 2.42. The Bertz CT molecular complexity index is 1360. The molecule has 4 aromatic rings. The lowest BCUT2D eigenvalue weighted by Crippen LogP contribution is -2.29. The first-order chi connectivity index (χ1) is 16.8. The number of pyridine rings is 1. The van der Waals surface area contributed by atoms with Gasteiger partial charge in [-0.3, -0.25) is 4.98 Å². The number of rotatable bonds is 5. The second-order valence-electron chi connectivity index (χ2n) is 9.38. The summed E-state index contributed by atoms with van der Waals surface area (Å²) in [4.78, 5) is 6.85. The molecule has 6 heteroatoms. The van der Waals surface area contributed by atoms with E-state index in [1.54, 1.807) is 12.1 Å². The monoisotopic (exact) mass is 484 g/mol. The first kappa shape index (κ1) is 23.2. The summed E-state index contributed by atoms with van der Waals surface area (Å²) in [6.45, 7) is 8.53. The molecule has 1 fully saturated rings. The average Bonchev–Trinajstić information content (AvgIpc) is 3.34. The molecular weight excluding hydrogens is 455 g/mol. The first-order valence-corrected chi connectivity index (χ1v) is 12.3. The van der Waals surface area contributed by atoms with Crippen molar-refractivity contribution in [2.45, 2.75) is 45.7 Å². The molecule has 4 nitrogen and oxygen atoms in total. The van der Waals surface area contributed by atoms with E-state index in [2.05, 4.69) is 77.8 Å². The summed E-state index contributed by atoms with van der Waals surface area (Å²) in [7, 11) is 0. The summed E-state index contributed by atoms with van der Waals surface area (Å²) >= 11 is 5.89. The van der Waals surface area contributed by atoms with Crippen molar-refractivity contribution < 1.29 is 4.39 Å². The minimum Gasteiger partial charge on any atom is -0.351 e. The van der Waals surface area contributed by atoms with Crippen LogP contribution in [-0.4, -0.2) is 14.7 Å². The van der Waals surface area contributed by atoms with Crippen LogP contribution in [-0.2, 0) is 0 Å². The van der Waals surface area contributed by atoms with Gasteiger partial charge in [0.2, 0.25) is 0 Å². The van der Waals surface area contributed by atoms with Crippen LogP contribution in [0.2, 0.25) is 0 Å². The predicted molar refractivity (Wildman–Crippen MR) is 144 cm³/mol. The third-order valence-corrected chi connectivity index (χ3v) is 7.11. The van der Waals surface area contributed by atoms with Crippen molar-refractivity contribution >= 4 is 23.0 Å². The molecule has 2 atom stereocenters. The first-order valence-electron chi connectivity index (χ1n) is 11.9. The van der Waals surface area contributed by atoms with Gasteiger partial charge < -0.3 is 14.8 Å². The number of aryl methyl sites for hydroxylation is 1. The highest BCUT2D eigenvalue weighted by molar-refractivity contribution is 7.80. The Labute approximate surface area is 211 Å². The molecule has 35 heavy (non-hydrogen) atoms. The minimum absolute atomic E-state index is 0.115. The molecular formula is C29H29FN4S. The van der Waals surface area contributed by atoms with Gasteiger partial charge in [-0.25, -0.2) is 4.39 Å². The van der Waals surface area contributed by atoms with E-state index < -0.39 is 0 Å². The molecule has 0 bridgehead atoms. The Kier molecular flexibility index (Phi) is 6.15. The minimum atomic E-state index is -0.251. The largest absolute Gasteiger partial charge is 0.351 e. The lowest BCUT2D eigenvalue weighted by molar-refractivity contribution is 0.565. The van der Waals surface area contributed by atoms with Crippen molar-refractivity contribution in [2.24, 2.45) is 0 Å². The zero-order valence-corrected chi connectivity index (χ0v) is 21.2. The Morgan fingerprint density at radius 2 is 1.71 bits per heavy atom. The maximum atomic E-state index is 14.1. The van der Waals surface area contributed by atoms with Crippen LogP contribution in [0.15, 0.2) is 79.0 Å². The number of halogens is 1. The van der Waals surface area contributed by atoms with Gasteiger partial charge in [-0.05, 0) is 91.6 Å². The van der Waals surface area contributed by atoms with Gasteiger partial charge in [0.25, 0.3) is 0 Å². The van der Waals surface area contributed by atoms with Crippen molar-refractivity contribution in [2.75, 3.05) is 4.90 Å². The van der Waals surface area contributed by atoms with Gasteiger partial charge in [-0.15, -0.1) is 0 Å². The molecule has 2 aromatic carbocycles. The lowest BCUT2D eigenvalue weighted by Gasteiger charge is -2.28. The van der Waals surface area contributed by atoms with E-state index in [-0.39, 0.29) is 17.9 Å². The number of hydrogen-bond donors (Lipinski definition) is 1. The molecule has 1 saturated heterocycles. The molecule has 0 saturated carbocycles. The van der Waals surface area contributed by atoms with Crippen LogP contribution in [0.1, 0.15) is 60.1 Å². The fraction of sp³-hybridized carbons (Fsp3) is 0.241. The van der Waals surface area contributed by atoms with Gasteiger partial charge in [-0.1, -0.05) is 38.1 Å². The van der Waals surface area contributed by atoms with E-state index in [1.807, 2.05) is 30.5 Å². The summed E-state index contributed by atoms with van der Waals surface area (Å²) in [5.41, 5.74) is 7.27. The number of aromatic nitrogens is 2. The second kappa shape index (κ2) is 9.27. The van der Waals surface area contributed by atoms with Crippen molar-refractivity contribution in [1.29, 1.82) is 0 Å². The number of thiocarbonyl (C=S) groups is 1. The second-order valence-corrected chi connectivity index (χ2v) is 9.77. The van der Waals surface area contributed by atoms with Crippen LogP contribution in [0.25, 0.3) is 5.69 Å². The Morgan fingerprint density at radius 1 is 0.943 bits per heavy atom. The van der Waals surface area contributed by atoms with E-state index in [1.165, 1.54) is 11.6 Å². The van der Waals surface area contributed by atoms with E-state index in [9.17, 15) is 4.39 Å². The SMILES string of the molecule is Cc1cc([C@@H]2[C@@H](c3ccccn3)NC(=S)N2c2ccc(C(C)C)cc2)c(C)n1-c1cccc(F)c1. The maximum Gasteiger partial charge on any atom is 0.174 e. The molecule has 0 aliphatic carbocycles. The van der Waals surface area contributed by atoms with E-state index in [0.717, 1.165) is 34.0 Å². The van der Waals surface area contributed by atoms with E-state index >= 15 is 0 Å². The zero-order chi connectivity index (χ0) is 24.7. The smallest absolute Gasteiger partial charge is 0.174 e. The number of benzene rings is 2. The van der Waals surface area contributed by atoms with Crippen molar-refractivity contribution in [3.05, 3.63) is 113 Å². The normalized spacial score (nSPS) is 17.8. The number of anilines is 1. The topological polar surface area (TPSA) is 33.1 Å². The molecule has 1 aliphatic rings. The van der Waals surface area contributed by atoms with Crippen LogP contribution < -0.4 is 10.2 Å². The highest BCUT2D eigenvalue weighted by atomic mass is 32.1. The molecule has 3 heterocycles. The summed E-state index contributed by atoms with van der Waals surface area (Å²) in [6.07, 6.45) is 1.81. The molecule has 0 radical (unpaired) electrons. The molecule has 0 unspecified atom stereocenters. The van der Waals surface area contributed by atoms with Crippen LogP contribution >= 0.6 is 12.2 Å². The summed E-state index contributed by atoms with van der Waals surface area (Å²) in [6, 6.07) is 23.2. The van der Waals surface area contributed by atoms with Gasteiger partial charge in [0, 0.05) is 29.0 Å². The van der Waals surface area contributed by atoms with Gasteiger partial charge in [0.1, 0.15) is 5.82 Å². The van der Waals surface area contributed by atoms with Gasteiger partial charge in [-0.2, -0.15) is 0 Å². The fourth-order valence-corrected chi connectivity index (χ4v) is 5.41. The summed E-state index contributed by atoms with van der Waals surface area (Å²) in [5, 5.41) is 4.20.